The number of nitrogens with zero attached hydrogens (tertiary/aromatic N) is 3. The number of nitrogens with one attached hydrogen (secondary N) is 1. The van der Waals surface area contributed by atoms with Crippen LogP contribution in [0.3, 0.4) is 0 Å². The molecule has 0 unspecified atom stereocenters. The maximum Gasteiger partial charge on any atom is 0.425 e. The van der Waals surface area contributed by atoms with Gasteiger partial charge in [0, 0.05) is 26.2 Å². The lowest BCUT2D eigenvalue weighted by molar-refractivity contribution is -0.259. The second-order valence-electron chi connectivity index (χ2n) is 10.0. The molecule has 0 saturated carbocycles. The van der Waals surface area contributed by atoms with Gasteiger partial charge in [-0.1, -0.05) is 12.1 Å². The number of rotatable bonds is 6. The minimum Gasteiger partial charge on any atom is -0.350 e. The predicted molar refractivity (Wildman–Crippen MR) is 123 cm³/mol. The van der Waals surface area contributed by atoms with E-state index in [1.807, 2.05) is 0 Å². The first kappa shape index (κ1) is 29.5. The molecule has 0 aliphatic carbocycles. The summed E-state index contributed by atoms with van der Waals surface area (Å²) >= 11 is 0. The summed E-state index contributed by atoms with van der Waals surface area (Å²) in [5.41, 5.74) is -4.01. The standard InChI is InChI=1S/C23H27F7N4O4S/c24-21(23(28,29)30)13-33(14-21)39(37,38)32-9-1-3-16(12-32)20(36)34-10-2-4-18(34)19(35)31-11-15-5-7-17(8-6-15)22(25,26)27/h5-8,16,18H,1-4,9-14H2,(H,31,35)/t16-,18+/m0/s1. The Labute approximate surface area is 220 Å². The van der Waals surface area contributed by atoms with E-state index in [9.17, 15) is 48.7 Å². The van der Waals surface area contributed by atoms with Crippen molar-refractivity contribution in [2.45, 2.75) is 56.3 Å². The van der Waals surface area contributed by atoms with Crippen molar-refractivity contribution < 1.29 is 48.7 Å². The number of benzene rings is 1. The highest BCUT2D eigenvalue weighted by atomic mass is 32.2. The van der Waals surface area contributed by atoms with Crippen LogP contribution in [0, 0.1) is 5.92 Å². The Morgan fingerprint density at radius 3 is 2.15 bits per heavy atom. The molecule has 1 aromatic carbocycles. The molecule has 0 aromatic heterocycles. The first-order valence-corrected chi connectivity index (χ1v) is 13.7. The van der Waals surface area contributed by atoms with Crippen LogP contribution in [-0.4, -0.2) is 84.4 Å². The maximum absolute atomic E-state index is 13.9. The van der Waals surface area contributed by atoms with Gasteiger partial charge in [-0.3, -0.25) is 9.59 Å². The topological polar surface area (TPSA) is 90.0 Å². The van der Waals surface area contributed by atoms with Gasteiger partial charge in [0.1, 0.15) is 6.04 Å². The molecule has 0 radical (unpaired) electrons. The van der Waals surface area contributed by atoms with Gasteiger partial charge in [0.15, 0.2) is 0 Å². The average molecular weight is 589 g/mol. The van der Waals surface area contributed by atoms with Gasteiger partial charge in [-0.05, 0) is 43.4 Å². The highest BCUT2D eigenvalue weighted by Gasteiger charge is 2.66. The van der Waals surface area contributed by atoms with Gasteiger partial charge in [-0.15, -0.1) is 0 Å². The van der Waals surface area contributed by atoms with Crippen LogP contribution < -0.4 is 5.32 Å². The normalized spacial score (nSPS) is 24.8. The van der Waals surface area contributed by atoms with Crippen molar-refractivity contribution in [3.05, 3.63) is 35.4 Å². The fraction of sp³-hybridized carbons (Fsp3) is 0.652. The highest BCUT2D eigenvalue weighted by Crippen LogP contribution is 2.43. The number of halogens is 7. The molecule has 1 N–H and O–H groups in total. The van der Waals surface area contributed by atoms with Crippen LogP contribution in [0.25, 0.3) is 0 Å². The van der Waals surface area contributed by atoms with Crippen LogP contribution in [0.1, 0.15) is 36.8 Å². The molecule has 4 rings (SSSR count). The largest absolute Gasteiger partial charge is 0.425 e. The molecule has 218 valence electrons. The summed E-state index contributed by atoms with van der Waals surface area (Å²) in [4.78, 5) is 27.4. The van der Waals surface area contributed by atoms with Crippen LogP contribution >= 0.6 is 0 Å². The SMILES string of the molecule is O=C(NCc1ccc(C(F)(F)F)cc1)[C@H]1CCCN1C(=O)[C@H]1CCCN(S(=O)(=O)N2CC(F)(C(F)(F)F)C2)C1. The first-order chi connectivity index (χ1) is 18.0. The van der Waals surface area contributed by atoms with Crippen LogP contribution in [0.15, 0.2) is 24.3 Å². The zero-order valence-corrected chi connectivity index (χ0v) is 21.4. The number of likely N-dealkylation sites (tertiary alicyclic amines) is 1. The average Bonchev–Trinajstić information content (AvgIpc) is 3.34. The third kappa shape index (κ3) is 6.01. The van der Waals surface area contributed by atoms with E-state index < -0.39 is 70.7 Å². The van der Waals surface area contributed by atoms with E-state index in [4.69, 9.17) is 0 Å². The van der Waals surface area contributed by atoms with Crippen molar-refractivity contribution in [3.8, 4) is 0 Å². The fourth-order valence-corrected chi connectivity index (χ4v) is 6.82. The number of carbonyl (C=O) groups excluding carboxylic acids is 2. The van der Waals surface area contributed by atoms with Crippen molar-refractivity contribution in [2.75, 3.05) is 32.7 Å². The molecule has 3 aliphatic rings. The van der Waals surface area contributed by atoms with E-state index in [0.717, 1.165) is 16.4 Å². The third-order valence-electron chi connectivity index (χ3n) is 7.33. The number of hydrogen-bond donors (Lipinski definition) is 1. The molecule has 2 atom stereocenters. The number of alkyl halides is 7. The molecule has 3 heterocycles. The van der Waals surface area contributed by atoms with E-state index in [2.05, 4.69) is 5.32 Å². The first-order valence-electron chi connectivity index (χ1n) is 12.3. The lowest BCUT2D eigenvalue weighted by Gasteiger charge is -2.46. The van der Waals surface area contributed by atoms with Gasteiger partial charge < -0.3 is 10.2 Å². The van der Waals surface area contributed by atoms with Gasteiger partial charge >= 0.3 is 12.4 Å². The Morgan fingerprint density at radius 2 is 1.56 bits per heavy atom. The molecule has 39 heavy (non-hydrogen) atoms. The Hall–Kier alpha value is -2.46. The number of piperidine rings is 1. The van der Waals surface area contributed by atoms with Crippen molar-refractivity contribution in [2.24, 2.45) is 5.92 Å². The van der Waals surface area contributed by atoms with E-state index in [1.165, 1.54) is 17.0 Å². The predicted octanol–water partition coefficient (Wildman–Crippen LogP) is 2.86. The van der Waals surface area contributed by atoms with Crippen LogP contribution in [0.4, 0.5) is 30.7 Å². The number of hydrogen-bond acceptors (Lipinski definition) is 4. The van der Waals surface area contributed by atoms with E-state index >= 15 is 0 Å². The molecule has 3 fully saturated rings. The van der Waals surface area contributed by atoms with Gasteiger partial charge in [-0.25, -0.2) is 4.39 Å². The Balaban J connectivity index is 1.34. The zero-order valence-electron chi connectivity index (χ0n) is 20.6. The summed E-state index contributed by atoms with van der Waals surface area (Å²) in [5.74, 6) is -1.82. The Kier molecular flexibility index (Phi) is 7.95. The van der Waals surface area contributed by atoms with Gasteiger partial charge in [0.25, 0.3) is 10.2 Å². The van der Waals surface area contributed by atoms with Gasteiger partial charge in [-0.2, -0.15) is 43.4 Å². The summed E-state index contributed by atoms with van der Waals surface area (Å²) in [6.07, 6.45) is -8.29. The number of carbonyl (C=O) groups is 2. The molecular formula is C23H27F7N4O4S. The maximum atomic E-state index is 13.9. The highest BCUT2D eigenvalue weighted by molar-refractivity contribution is 7.86. The summed E-state index contributed by atoms with van der Waals surface area (Å²) in [6.45, 7) is -2.86. The minimum absolute atomic E-state index is 0.0367. The fourth-order valence-electron chi connectivity index (χ4n) is 5.03. The lowest BCUT2D eigenvalue weighted by Crippen LogP contribution is -2.69. The van der Waals surface area contributed by atoms with Crippen molar-refractivity contribution in [1.29, 1.82) is 0 Å². The zero-order chi connectivity index (χ0) is 28.8. The summed E-state index contributed by atoms with van der Waals surface area (Å²) in [7, 11) is -4.42. The van der Waals surface area contributed by atoms with Crippen molar-refractivity contribution >= 4 is 22.0 Å². The molecule has 3 saturated heterocycles. The summed E-state index contributed by atoms with van der Waals surface area (Å²) < 4.78 is 117. The van der Waals surface area contributed by atoms with Crippen molar-refractivity contribution in [1.82, 2.24) is 18.8 Å². The second-order valence-corrected chi connectivity index (χ2v) is 12.0. The molecule has 16 heteroatoms. The smallest absolute Gasteiger partial charge is 0.350 e. The molecule has 1 aromatic rings. The van der Waals surface area contributed by atoms with Gasteiger partial charge in [0.2, 0.25) is 17.5 Å². The van der Waals surface area contributed by atoms with Crippen LogP contribution in [0.5, 0.6) is 0 Å². The molecule has 0 spiro atoms. The quantitative estimate of drug-likeness (QED) is 0.518. The molecular weight excluding hydrogens is 561 g/mol. The lowest BCUT2D eigenvalue weighted by atomic mass is 9.97. The summed E-state index contributed by atoms with van der Waals surface area (Å²) in [5, 5.41) is 2.62. The monoisotopic (exact) mass is 588 g/mol. The Bertz CT molecular complexity index is 1180. The molecule has 2 amide bonds. The van der Waals surface area contributed by atoms with Crippen LogP contribution in [0.2, 0.25) is 0 Å². The summed E-state index contributed by atoms with van der Waals surface area (Å²) in [6, 6.07) is 3.40. The second kappa shape index (κ2) is 10.5. The Morgan fingerprint density at radius 1 is 0.949 bits per heavy atom. The van der Waals surface area contributed by atoms with E-state index in [-0.39, 0.29) is 32.6 Å². The molecule has 3 aliphatic heterocycles. The van der Waals surface area contributed by atoms with E-state index in [1.54, 1.807) is 0 Å². The molecule has 8 nitrogen and oxygen atoms in total. The van der Waals surface area contributed by atoms with Crippen molar-refractivity contribution in [3.63, 3.8) is 0 Å². The molecule has 0 bridgehead atoms. The van der Waals surface area contributed by atoms with Crippen LogP contribution in [-0.2, 0) is 32.5 Å². The number of amides is 2. The van der Waals surface area contributed by atoms with E-state index in [0.29, 0.717) is 29.1 Å². The third-order valence-corrected chi connectivity index (χ3v) is 9.23. The minimum atomic E-state index is -5.20. The van der Waals surface area contributed by atoms with Gasteiger partial charge in [0.05, 0.1) is 24.6 Å².